The molecule has 53 heteroatoms. The number of nitrogens with zero attached hydrogens (tertiary/aromatic N) is 1. The fourth-order valence-electron chi connectivity index (χ4n) is 14.4. The summed E-state index contributed by atoms with van der Waals surface area (Å²) in [6.45, 7) is -4.20. The van der Waals surface area contributed by atoms with Crippen molar-refractivity contribution in [3.8, 4) is 0 Å². The van der Waals surface area contributed by atoms with Crippen molar-refractivity contribution in [1.29, 1.82) is 10.8 Å². The third kappa shape index (κ3) is 36.8. The van der Waals surface area contributed by atoms with Crippen molar-refractivity contribution in [2.24, 2.45) is 28.7 Å². The van der Waals surface area contributed by atoms with Gasteiger partial charge in [-0.3, -0.25) is 102 Å². The molecule has 1 aromatic heterocycles. The quantitative estimate of drug-likeness (QED) is 0.0150. The molecule has 0 unspecified atom stereocenters. The molecule has 49 nitrogen and oxygen atoms in total. The molecule has 3 aliphatic heterocycles. The number of thioether (sulfide) groups is 4. The molecule has 4 heterocycles. The standard InChI is InChI=1S/C84H120N26O23S4/c1-42(85)68(119)108-61-40-136-37-45-23-44-24-46(25-45)38-137-41-62(109-76(127)55(28-64(86)114)102-72(123)50(15-8-19-92-83(88)89)98-74(125)53(26-43-11-4-3-5-12-43)101-71(122)51(16-9-20-93-84(90)91)99-78(129)58(34-112)107-77(128)56(29-67(117)118)103-80(61)131)82(133)110-21-10-17-63(110)81(132)104-54(27-47-30-94-49-14-7-6-13-48(47)49)75(126)106-59(35-113)79(130)100-52(18-22-134-2)73(124)105-57(33-111)69(120)96-32-66(116)97-60(39-135-36-44)70(121)95-31-65(87)115/h3-7,11-14,23-25,30,42,50-63,94,111-113H,8-10,15-22,26-29,31-41,85H2,1-2H3,(H2,86,114)(H2,87,115)(H,95,121)(H,96,120)(H,97,116)(H,98,125)(H,99,129)(H,100,130)(H,101,122)(H,102,123)(H,103,131)(H,104,132)(H,105,124)(H,106,126)(H,107,128)(H,108,119)(H,109,127)(H,117,118)(H4,88,89,92)(H4,90,91,93)/t42-,50-,51-,52-,53-,54-,55-,56-,57-,58-,59-,60-,61-,62-,63-/m0/s1. The highest BCUT2D eigenvalue weighted by Crippen LogP contribution is 2.28. The average Bonchev–Trinajstić information content (AvgIpc) is 1.68. The molecule has 0 radical (unpaired) electrons. The molecule has 7 rings (SSSR count). The van der Waals surface area contributed by atoms with Crippen LogP contribution in [0.15, 0.2) is 79.0 Å². The van der Waals surface area contributed by atoms with Gasteiger partial charge in [0, 0.05) is 84.1 Å². The summed E-state index contributed by atoms with van der Waals surface area (Å²) in [4.78, 5) is 276. The highest BCUT2D eigenvalue weighted by molar-refractivity contribution is 7.99. The lowest BCUT2D eigenvalue weighted by Gasteiger charge is -2.31. The number of hydrogen-bond donors (Lipinski definition) is 29. The Hall–Kier alpha value is -13.1. The van der Waals surface area contributed by atoms with Crippen LogP contribution in [-0.2, 0) is 121 Å². The number of nitrogens with one attached hydrogen (secondary N) is 20. The second-order valence-electron chi connectivity index (χ2n) is 32.3. The molecule has 18 amide bonds. The van der Waals surface area contributed by atoms with E-state index in [1.165, 1.54) is 18.7 Å². The number of primary amides is 2. The van der Waals surface area contributed by atoms with Crippen molar-refractivity contribution < 1.29 is 112 Å². The van der Waals surface area contributed by atoms with Crippen LogP contribution < -0.4 is 119 Å². The van der Waals surface area contributed by atoms with E-state index in [1.807, 2.05) is 0 Å². The van der Waals surface area contributed by atoms with Gasteiger partial charge in [0.05, 0.1) is 51.8 Å². The maximum atomic E-state index is 15.9. The van der Waals surface area contributed by atoms with E-state index in [4.69, 9.17) is 39.5 Å². The molecule has 137 heavy (non-hydrogen) atoms. The average molecular weight is 1990 g/mol. The maximum Gasteiger partial charge on any atom is 0.305 e. The van der Waals surface area contributed by atoms with Crippen molar-refractivity contribution in [3.05, 3.63) is 107 Å². The molecule has 1 saturated heterocycles. The highest BCUT2D eigenvalue weighted by Gasteiger charge is 2.43. The lowest BCUT2D eigenvalue weighted by Crippen LogP contribution is -2.62. The molecule has 748 valence electrons. The van der Waals surface area contributed by atoms with E-state index >= 15 is 24.0 Å². The number of aliphatic hydroxyl groups excluding tert-OH is 3. The first-order chi connectivity index (χ1) is 65.3. The number of nitrogens with two attached hydrogens (primary N) is 5. The van der Waals surface area contributed by atoms with Crippen molar-refractivity contribution in [1.82, 2.24) is 100 Å². The second-order valence-corrected chi connectivity index (χ2v) is 36.3. The Morgan fingerprint density at radius 2 is 0.978 bits per heavy atom. The van der Waals surface area contributed by atoms with Gasteiger partial charge in [0.25, 0.3) is 0 Å². The van der Waals surface area contributed by atoms with E-state index in [9.17, 15) is 87.5 Å². The molecule has 4 bridgehead atoms. The first-order valence-corrected chi connectivity index (χ1v) is 48.4. The Labute approximate surface area is 803 Å². The predicted octanol–water partition coefficient (Wildman–Crippen LogP) is -9.65. The van der Waals surface area contributed by atoms with E-state index in [1.54, 1.807) is 85.2 Å². The van der Waals surface area contributed by atoms with Crippen LogP contribution in [0.4, 0.5) is 0 Å². The van der Waals surface area contributed by atoms with Gasteiger partial charge in [-0.05, 0) is 97.8 Å². The number of carbonyl (C=O) groups is 19. The normalized spacial score (nSPS) is 24.1. The number of carbonyl (C=O) groups excluding carboxylic acids is 18. The summed E-state index contributed by atoms with van der Waals surface area (Å²) in [6, 6.07) is -6.11. The summed E-state index contributed by atoms with van der Waals surface area (Å²) >= 11 is 4.24. The monoisotopic (exact) mass is 1990 g/mol. The van der Waals surface area contributed by atoms with Gasteiger partial charge < -0.3 is 149 Å². The minimum atomic E-state index is -2.09. The SMILES string of the molecule is CSCC[C@@H]1NC(=O)[C@H](CO)NC(=O)[C@H](Cc2c[nH]c3ccccc23)NC(=O)[C@@H]2CCCN2C(=O)[C@@H]2CSCc3cc(cc(c3)CSC[C@H](NC(=O)[C@H](C)N)C(=O)N[C@@H](CC(=O)O)C(=O)N[C@@H](CO)C(=O)N[C@@H](CCCNC(=N)N)C(=O)N[C@@H](Cc3ccccc3)C(=O)N[C@@H](CCCNC(=N)N)C(=O)N[C@@H](CC(N)=O)C(=O)N2)CSC[C@@H](C(=O)NCC(N)=O)NC(=O)CNC(=O)[C@H](CO)NC1=O. The number of aliphatic carboxylic acids is 1. The number of guanidine groups is 2. The molecule has 1 fully saturated rings. The number of benzene rings is 3. The minimum Gasteiger partial charge on any atom is -0.481 e. The molecule has 4 aromatic rings. The van der Waals surface area contributed by atoms with Gasteiger partial charge >= 0.3 is 5.97 Å². The third-order valence-corrected chi connectivity index (χ3v) is 25.4. The molecular formula is C84H120N26O23S4. The van der Waals surface area contributed by atoms with Gasteiger partial charge in [-0.1, -0.05) is 66.7 Å². The molecule has 3 aliphatic rings. The van der Waals surface area contributed by atoms with E-state index in [-0.39, 0.29) is 112 Å². The lowest BCUT2D eigenvalue weighted by molar-refractivity contribution is -0.142. The fourth-order valence-corrected chi connectivity index (χ4v) is 17.8. The molecule has 15 atom stereocenters. The van der Waals surface area contributed by atoms with Gasteiger partial charge in [0.15, 0.2) is 11.9 Å². The van der Waals surface area contributed by atoms with Crippen LogP contribution in [0.1, 0.15) is 92.5 Å². The highest BCUT2D eigenvalue weighted by atomic mass is 32.2. The van der Waals surface area contributed by atoms with Crippen molar-refractivity contribution in [2.45, 2.75) is 185 Å². The number of para-hydroxylation sites is 1. The van der Waals surface area contributed by atoms with E-state index in [0.717, 1.165) is 40.2 Å². The first-order valence-electron chi connectivity index (χ1n) is 43.5. The number of carboxylic acids is 1. The Morgan fingerprint density at radius 3 is 1.51 bits per heavy atom. The number of hydrogen-bond acceptors (Lipinski definition) is 29. The van der Waals surface area contributed by atoms with Crippen LogP contribution in [0.25, 0.3) is 10.9 Å². The zero-order valence-electron chi connectivity index (χ0n) is 75.1. The van der Waals surface area contributed by atoms with Crippen molar-refractivity contribution in [2.75, 3.05) is 81.8 Å². The second kappa shape index (κ2) is 56.4. The van der Waals surface area contributed by atoms with Crippen LogP contribution in [0.2, 0.25) is 0 Å². The maximum absolute atomic E-state index is 15.9. The molecule has 0 saturated carbocycles. The van der Waals surface area contributed by atoms with Gasteiger partial charge in [-0.15, -0.1) is 0 Å². The molecule has 3 aromatic carbocycles. The molecule has 0 spiro atoms. The number of aromatic amines is 1. The Balaban J connectivity index is 1.41. The zero-order valence-corrected chi connectivity index (χ0v) is 78.3. The number of aromatic nitrogens is 1. The van der Waals surface area contributed by atoms with Gasteiger partial charge in [0.1, 0.15) is 84.6 Å². The number of rotatable bonds is 27. The van der Waals surface area contributed by atoms with Gasteiger partial charge in [-0.25, -0.2) is 0 Å². The minimum absolute atomic E-state index is 0.0445. The van der Waals surface area contributed by atoms with Crippen molar-refractivity contribution in [3.63, 3.8) is 0 Å². The van der Waals surface area contributed by atoms with Gasteiger partial charge in [0.2, 0.25) is 106 Å². The van der Waals surface area contributed by atoms with E-state index in [2.05, 4.69) is 95.4 Å². The molecule has 34 N–H and O–H groups in total. The number of carboxylic acid groups (broad SMARTS) is 1. The Bertz CT molecular complexity index is 4990. The Kier molecular flexibility index (Phi) is 45.7. The summed E-state index contributed by atoms with van der Waals surface area (Å²) in [6.07, 6.45) is -0.672. The zero-order chi connectivity index (χ0) is 101. The lowest BCUT2D eigenvalue weighted by atomic mass is 10.0. The van der Waals surface area contributed by atoms with E-state index in [0.29, 0.717) is 38.7 Å². The van der Waals surface area contributed by atoms with Gasteiger partial charge in [-0.2, -0.15) is 47.0 Å². The number of aliphatic hydroxyl groups is 3. The van der Waals surface area contributed by atoms with E-state index < -0.39 is 266 Å². The summed E-state index contributed by atoms with van der Waals surface area (Å²) in [5.74, 6) is -23.8. The molecule has 0 aliphatic carbocycles. The van der Waals surface area contributed by atoms with Crippen LogP contribution in [0.5, 0.6) is 0 Å². The van der Waals surface area contributed by atoms with Crippen LogP contribution >= 0.6 is 47.0 Å². The number of amides is 18. The van der Waals surface area contributed by atoms with Crippen LogP contribution in [0.3, 0.4) is 0 Å². The smallest absolute Gasteiger partial charge is 0.305 e. The topological polar surface area (TPSA) is 807 Å². The van der Waals surface area contributed by atoms with Crippen molar-refractivity contribution >= 4 is 182 Å². The Morgan fingerprint density at radius 1 is 0.518 bits per heavy atom. The number of H-pyrrole nitrogens is 1. The summed E-state index contributed by atoms with van der Waals surface area (Å²) in [5, 5.41) is 100. The van der Waals surface area contributed by atoms with Crippen LogP contribution in [0, 0.1) is 10.8 Å². The largest absolute Gasteiger partial charge is 0.481 e. The van der Waals surface area contributed by atoms with Crippen LogP contribution in [-0.4, -0.2) is 327 Å². The molecular weight excluding hydrogens is 1870 g/mol. The fraction of sp³-hybridized carbons (Fsp3) is 0.512. The summed E-state index contributed by atoms with van der Waals surface area (Å²) in [5.41, 5.74) is 31.1. The first kappa shape index (κ1) is 111. The third-order valence-electron chi connectivity index (χ3n) is 21.4. The summed E-state index contributed by atoms with van der Waals surface area (Å²) < 4.78 is 0. The summed E-state index contributed by atoms with van der Waals surface area (Å²) in [7, 11) is 0. The number of fused-ring (bicyclic) bond motifs is 7. The predicted molar refractivity (Wildman–Crippen MR) is 504 cm³/mol.